The Balaban J connectivity index is 1.44. The molecular formula is C28H22ClN2O5S4+. The normalized spacial score (nSPS) is 14.4. The Labute approximate surface area is 247 Å². The van der Waals surface area contributed by atoms with Gasteiger partial charge < -0.3 is 10.0 Å². The number of carboxylic acids is 1. The molecule has 2 aromatic heterocycles. The monoisotopic (exact) mass is 629 g/mol. The number of aromatic nitrogens is 1. The Kier molecular flexibility index (Phi) is 7.36. The third-order valence-corrected chi connectivity index (χ3v) is 10.8. The molecule has 3 aromatic carbocycles. The number of fused-ring (bicyclic) bond motifs is 3. The predicted octanol–water partition coefficient (Wildman–Crippen LogP) is 7.00. The van der Waals surface area contributed by atoms with Gasteiger partial charge in [0.1, 0.15) is 4.70 Å². The molecule has 1 aliphatic rings. The first-order valence-electron chi connectivity index (χ1n) is 12.2. The Bertz CT molecular complexity index is 1930. The number of hydrogen-bond donors (Lipinski definition) is 2. The molecule has 40 heavy (non-hydrogen) atoms. The molecule has 0 atom stereocenters. The number of halogens is 1. The zero-order valence-corrected chi connectivity index (χ0v) is 24.8. The van der Waals surface area contributed by atoms with Crippen LogP contribution in [-0.2, 0) is 21.5 Å². The van der Waals surface area contributed by atoms with Crippen molar-refractivity contribution in [1.29, 1.82) is 0 Å². The molecule has 7 nitrogen and oxygen atoms in total. The topological polar surface area (TPSA) is 98.8 Å². The van der Waals surface area contributed by atoms with Gasteiger partial charge in [-0.05, 0) is 47.7 Å². The molecule has 2 N–H and O–H groups in total. The molecule has 0 amide bonds. The maximum Gasteiger partial charge on any atom is 0.370 e. The Morgan fingerprint density at radius 2 is 1.90 bits per heavy atom. The largest absolute Gasteiger partial charge is 0.477 e. The SMILES string of the molecule is O=C(O)C[n+]1c(C=C2Sc3ccc(-c4csc5ccccc45)cc3N2CCCS(=O)(=O)O)sc2ccc(Cl)cc21. The van der Waals surface area contributed by atoms with Gasteiger partial charge in [0, 0.05) is 38.2 Å². The van der Waals surface area contributed by atoms with Crippen LogP contribution < -0.4 is 9.47 Å². The van der Waals surface area contributed by atoms with E-state index in [4.69, 9.17) is 11.6 Å². The van der Waals surface area contributed by atoms with Gasteiger partial charge in [-0.25, -0.2) is 4.79 Å². The lowest BCUT2D eigenvalue weighted by molar-refractivity contribution is -0.657. The number of thiazole rings is 1. The number of aliphatic carboxylic acids is 1. The second-order valence-corrected chi connectivity index (χ2v) is 14.3. The van der Waals surface area contributed by atoms with Crippen LogP contribution in [0, 0.1) is 0 Å². The molecule has 0 aliphatic carbocycles. The molecular weight excluding hydrogens is 608 g/mol. The number of hydrogen-bond acceptors (Lipinski definition) is 7. The smallest absolute Gasteiger partial charge is 0.370 e. The minimum absolute atomic E-state index is 0.221. The Morgan fingerprint density at radius 3 is 2.70 bits per heavy atom. The van der Waals surface area contributed by atoms with Gasteiger partial charge in [0.2, 0.25) is 12.1 Å². The van der Waals surface area contributed by atoms with Crippen molar-refractivity contribution >= 4 is 94.2 Å². The van der Waals surface area contributed by atoms with Crippen molar-refractivity contribution in [3.8, 4) is 11.1 Å². The van der Waals surface area contributed by atoms with E-state index < -0.39 is 16.1 Å². The van der Waals surface area contributed by atoms with Gasteiger partial charge in [0.25, 0.3) is 15.1 Å². The van der Waals surface area contributed by atoms with Crippen LogP contribution in [0.15, 0.2) is 76.0 Å². The van der Waals surface area contributed by atoms with E-state index in [1.807, 2.05) is 29.2 Å². The minimum atomic E-state index is -4.11. The number of rotatable bonds is 8. The summed E-state index contributed by atoms with van der Waals surface area (Å²) in [5.74, 6) is -1.32. The number of carbonyl (C=O) groups is 1. The van der Waals surface area contributed by atoms with Crippen molar-refractivity contribution < 1.29 is 27.4 Å². The van der Waals surface area contributed by atoms with Gasteiger partial charge in [-0.1, -0.05) is 59.0 Å². The molecule has 5 aromatic rings. The average Bonchev–Trinajstić information content (AvgIpc) is 3.57. The van der Waals surface area contributed by atoms with E-state index in [0.717, 1.165) is 42.0 Å². The Morgan fingerprint density at radius 1 is 1.07 bits per heavy atom. The van der Waals surface area contributed by atoms with Gasteiger partial charge in [0.05, 0.1) is 22.5 Å². The molecule has 3 heterocycles. The van der Waals surface area contributed by atoms with E-state index >= 15 is 0 Å². The molecule has 12 heteroatoms. The predicted molar refractivity (Wildman–Crippen MR) is 164 cm³/mol. The van der Waals surface area contributed by atoms with Crippen molar-refractivity contribution in [2.24, 2.45) is 0 Å². The van der Waals surface area contributed by atoms with Crippen molar-refractivity contribution in [1.82, 2.24) is 0 Å². The summed E-state index contributed by atoms with van der Waals surface area (Å²) in [6.45, 7) is 0.129. The van der Waals surface area contributed by atoms with Gasteiger partial charge in [-0.3, -0.25) is 4.55 Å². The van der Waals surface area contributed by atoms with Crippen molar-refractivity contribution in [2.45, 2.75) is 17.9 Å². The van der Waals surface area contributed by atoms with Crippen LogP contribution in [0.2, 0.25) is 5.02 Å². The molecule has 0 spiro atoms. The molecule has 0 unspecified atom stereocenters. The van der Waals surface area contributed by atoms with Gasteiger partial charge in [-0.15, -0.1) is 11.3 Å². The van der Waals surface area contributed by atoms with Crippen LogP contribution in [0.3, 0.4) is 0 Å². The first-order valence-corrected chi connectivity index (χ1v) is 16.7. The second kappa shape index (κ2) is 10.8. The molecule has 0 fully saturated rings. The fourth-order valence-corrected chi connectivity index (χ4v) is 8.69. The van der Waals surface area contributed by atoms with Gasteiger partial charge in [-0.2, -0.15) is 13.0 Å². The van der Waals surface area contributed by atoms with E-state index in [1.54, 1.807) is 39.8 Å². The Hall–Kier alpha value is -2.93. The molecule has 204 valence electrons. The summed E-state index contributed by atoms with van der Waals surface area (Å²) >= 11 is 10.9. The van der Waals surface area contributed by atoms with Crippen molar-refractivity contribution in [3.05, 3.63) is 81.1 Å². The first kappa shape index (κ1) is 27.3. The van der Waals surface area contributed by atoms with Crippen LogP contribution in [0.4, 0.5) is 5.69 Å². The van der Waals surface area contributed by atoms with E-state index in [1.165, 1.54) is 21.4 Å². The van der Waals surface area contributed by atoms with Crippen molar-refractivity contribution in [3.63, 3.8) is 0 Å². The van der Waals surface area contributed by atoms with Gasteiger partial charge in [0.15, 0.2) is 0 Å². The summed E-state index contributed by atoms with van der Waals surface area (Å²) in [6.07, 6.45) is 2.16. The molecule has 6 rings (SSSR count). The fraction of sp³-hybridized carbons (Fsp3) is 0.143. The summed E-state index contributed by atoms with van der Waals surface area (Å²) in [4.78, 5) is 14.8. The average molecular weight is 630 g/mol. The molecule has 0 saturated carbocycles. The number of carboxylic acid groups (broad SMARTS) is 1. The second-order valence-electron chi connectivity index (χ2n) is 9.24. The van der Waals surface area contributed by atoms with E-state index in [-0.39, 0.29) is 18.7 Å². The van der Waals surface area contributed by atoms with Crippen molar-refractivity contribution in [2.75, 3.05) is 17.2 Å². The van der Waals surface area contributed by atoms with E-state index in [9.17, 15) is 22.9 Å². The quantitative estimate of drug-likeness (QED) is 0.141. The van der Waals surface area contributed by atoms with Crippen LogP contribution in [-0.4, -0.2) is 36.3 Å². The van der Waals surface area contributed by atoms with E-state index in [2.05, 4.69) is 35.7 Å². The maximum absolute atomic E-state index is 11.7. The first-order chi connectivity index (χ1) is 19.2. The third-order valence-electron chi connectivity index (χ3n) is 6.54. The highest BCUT2D eigenvalue weighted by Crippen LogP contribution is 2.49. The van der Waals surface area contributed by atoms with Gasteiger partial charge >= 0.3 is 5.97 Å². The van der Waals surface area contributed by atoms with E-state index in [0.29, 0.717) is 11.6 Å². The summed E-state index contributed by atoms with van der Waals surface area (Å²) in [5, 5.41) is 15.0. The lowest BCUT2D eigenvalue weighted by Gasteiger charge is -2.20. The van der Waals surface area contributed by atoms with Crippen LogP contribution >= 0.6 is 46.0 Å². The zero-order chi connectivity index (χ0) is 28.0. The number of nitrogens with zero attached hydrogens (tertiary/aromatic N) is 2. The van der Waals surface area contributed by atoms with Crippen LogP contribution in [0.1, 0.15) is 11.4 Å². The standard InChI is InChI=1S/C28H21ClN2O5S4/c29-18-7-9-25-22(13-18)31(15-28(32)33)27(39-25)14-26-30(10-3-11-40(34,35)36)21-12-17(6-8-24(21)38-26)20-16-37-23-5-2-1-4-19(20)23/h1-2,4-9,12-14,16H,3,10-11,15H2,(H-,32,33,34,35,36)/p+1. The number of thiophene rings is 1. The highest BCUT2D eigenvalue weighted by molar-refractivity contribution is 8.03. The molecule has 0 saturated heterocycles. The number of anilines is 1. The molecule has 0 radical (unpaired) electrons. The highest BCUT2D eigenvalue weighted by atomic mass is 35.5. The lowest BCUT2D eigenvalue weighted by Crippen LogP contribution is -2.39. The number of thioether (sulfide) groups is 1. The lowest BCUT2D eigenvalue weighted by atomic mass is 10.0. The molecule has 0 bridgehead atoms. The summed E-state index contributed by atoms with van der Waals surface area (Å²) in [7, 11) is -4.11. The number of benzene rings is 3. The third kappa shape index (κ3) is 5.50. The summed E-state index contributed by atoms with van der Waals surface area (Å²) in [5.41, 5.74) is 3.85. The minimum Gasteiger partial charge on any atom is -0.477 e. The molecule has 1 aliphatic heterocycles. The summed E-state index contributed by atoms with van der Waals surface area (Å²) < 4.78 is 36.1. The highest BCUT2D eigenvalue weighted by Gasteiger charge is 2.29. The summed E-state index contributed by atoms with van der Waals surface area (Å²) in [6, 6.07) is 19.9. The fourth-order valence-electron chi connectivity index (χ4n) is 4.80. The maximum atomic E-state index is 11.7. The van der Waals surface area contributed by atoms with Crippen LogP contribution in [0.5, 0.6) is 0 Å². The zero-order valence-electron chi connectivity index (χ0n) is 20.8. The van der Waals surface area contributed by atoms with Crippen LogP contribution in [0.25, 0.3) is 37.5 Å².